The van der Waals surface area contributed by atoms with Crippen molar-refractivity contribution in [3.8, 4) is 5.75 Å². The van der Waals surface area contributed by atoms with Crippen LogP contribution in [0.15, 0.2) is 36.4 Å². The number of allylic oxidation sites excluding steroid dienone is 1. The molecule has 2 aromatic rings. The highest BCUT2D eigenvalue weighted by Crippen LogP contribution is 2.38. The molecule has 0 amide bonds. The van der Waals surface area contributed by atoms with Gasteiger partial charge in [0, 0.05) is 11.6 Å². The van der Waals surface area contributed by atoms with E-state index in [1.807, 2.05) is 12.1 Å². The van der Waals surface area contributed by atoms with Crippen LogP contribution in [0.3, 0.4) is 0 Å². The topological polar surface area (TPSA) is 9.23 Å². The number of aryl methyl sites for hydroxylation is 1. The van der Waals surface area contributed by atoms with Crippen molar-refractivity contribution in [2.24, 2.45) is 5.92 Å². The van der Waals surface area contributed by atoms with E-state index in [-0.39, 0.29) is 11.7 Å². The molecule has 0 unspecified atom stereocenters. The molecule has 0 aliphatic heterocycles. The molecule has 4 heteroatoms. The zero-order valence-corrected chi connectivity index (χ0v) is 17.9. The Balaban J connectivity index is 1.59. The fraction of sp³-hybridized carbons (Fsp3) is 0.462. The molecular formula is C26H31F3O. The van der Waals surface area contributed by atoms with E-state index in [1.54, 1.807) is 24.3 Å². The highest BCUT2D eigenvalue weighted by molar-refractivity contribution is 5.51. The van der Waals surface area contributed by atoms with Crippen molar-refractivity contribution in [2.45, 2.75) is 64.2 Å². The van der Waals surface area contributed by atoms with Crippen LogP contribution in [0.1, 0.15) is 74.5 Å². The van der Waals surface area contributed by atoms with Gasteiger partial charge in [-0.2, -0.15) is 0 Å². The molecule has 30 heavy (non-hydrogen) atoms. The van der Waals surface area contributed by atoms with Gasteiger partial charge in [0.05, 0.1) is 7.11 Å². The number of halogens is 3. The summed E-state index contributed by atoms with van der Waals surface area (Å²) in [7, 11) is 1.53. The standard InChI is InChI=1S/C26H31F3O/c1-3-4-5-6-20-13-14-21(26(29)25(20)28)12-9-18-7-10-19(11-8-18)23-16-15-22(30-2)17-24(23)27/h9,12-19H,3-8,10-11H2,1-2H3. The van der Waals surface area contributed by atoms with Crippen LogP contribution in [0.5, 0.6) is 5.75 Å². The minimum absolute atomic E-state index is 0.192. The average Bonchev–Trinajstić information content (AvgIpc) is 2.76. The fourth-order valence-corrected chi connectivity index (χ4v) is 4.32. The Morgan fingerprint density at radius 2 is 1.73 bits per heavy atom. The Bertz CT molecular complexity index is 867. The number of unbranched alkanes of at least 4 members (excludes halogenated alkanes) is 2. The zero-order chi connectivity index (χ0) is 21.5. The van der Waals surface area contributed by atoms with Crippen LogP contribution in [0, 0.1) is 23.4 Å². The van der Waals surface area contributed by atoms with Gasteiger partial charge in [0.2, 0.25) is 0 Å². The summed E-state index contributed by atoms with van der Waals surface area (Å²) in [5.74, 6) is -0.670. The van der Waals surface area contributed by atoms with Crippen molar-refractivity contribution in [1.82, 2.24) is 0 Å². The third-order valence-corrected chi connectivity index (χ3v) is 6.21. The summed E-state index contributed by atoms with van der Waals surface area (Å²) in [6.45, 7) is 2.09. The van der Waals surface area contributed by atoms with Gasteiger partial charge >= 0.3 is 0 Å². The summed E-state index contributed by atoms with van der Waals surface area (Å²) in [6.07, 6.45) is 10.8. The molecule has 0 bridgehead atoms. The molecule has 0 N–H and O–H groups in total. The molecule has 1 fully saturated rings. The Hall–Kier alpha value is -2.23. The van der Waals surface area contributed by atoms with Gasteiger partial charge in [-0.1, -0.05) is 50.1 Å². The summed E-state index contributed by atoms with van der Waals surface area (Å²) >= 11 is 0. The van der Waals surface area contributed by atoms with Gasteiger partial charge < -0.3 is 4.74 Å². The molecule has 0 atom stereocenters. The lowest BCUT2D eigenvalue weighted by atomic mass is 9.78. The second kappa shape index (κ2) is 10.7. The van der Waals surface area contributed by atoms with Crippen molar-refractivity contribution in [3.05, 3.63) is 70.5 Å². The van der Waals surface area contributed by atoms with Crippen molar-refractivity contribution in [2.75, 3.05) is 7.11 Å². The Morgan fingerprint density at radius 3 is 2.40 bits per heavy atom. The summed E-state index contributed by atoms with van der Waals surface area (Å²) in [5, 5.41) is 0. The first-order valence-electron chi connectivity index (χ1n) is 11.0. The average molecular weight is 417 g/mol. The molecule has 1 saturated carbocycles. The molecule has 0 radical (unpaired) electrons. The fourth-order valence-electron chi connectivity index (χ4n) is 4.32. The maximum atomic E-state index is 14.4. The normalized spacial score (nSPS) is 19.4. The molecular weight excluding hydrogens is 385 g/mol. The maximum Gasteiger partial charge on any atom is 0.166 e. The predicted octanol–water partition coefficient (Wildman–Crippen LogP) is 7.83. The Morgan fingerprint density at radius 1 is 0.967 bits per heavy atom. The molecule has 0 aromatic heterocycles. The van der Waals surface area contributed by atoms with E-state index in [2.05, 4.69) is 6.92 Å². The van der Waals surface area contributed by atoms with Gasteiger partial charge in [0.25, 0.3) is 0 Å². The quantitative estimate of drug-likeness (QED) is 0.398. The Kier molecular flexibility index (Phi) is 8.01. The molecule has 0 heterocycles. The first-order chi connectivity index (χ1) is 14.5. The van der Waals surface area contributed by atoms with Gasteiger partial charge in [-0.3, -0.25) is 0 Å². The molecule has 0 spiro atoms. The summed E-state index contributed by atoms with van der Waals surface area (Å²) < 4.78 is 48.2. The summed E-state index contributed by atoms with van der Waals surface area (Å²) in [6, 6.07) is 8.43. The number of hydrogen-bond acceptors (Lipinski definition) is 1. The molecule has 1 nitrogen and oxygen atoms in total. The van der Waals surface area contributed by atoms with Crippen LogP contribution < -0.4 is 4.74 Å². The van der Waals surface area contributed by atoms with Crippen LogP contribution in [-0.2, 0) is 6.42 Å². The van der Waals surface area contributed by atoms with Crippen molar-refractivity contribution >= 4 is 6.08 Å². The first-order valence-corrected chi connectivity index (χ1v) is 11.0. The monoisotopic (exact) mass is 416 g/mol. The molecule has 162 valence electrons. The molecule has 2 aromatic carbocycles. The minimum Gasteiger partial charge on any atom is -0.497 e. The largest absolute Gasteiger partial charge is 0.497 e. The summed E-state index contributed by atoms with van der Waals surface area (Å²) in [4.78, 5) is 0. The third kappa shape index (κ3) is 5.47. The number of benzene rings is 2. The number of rotatable bonds is 8. The lowest BCUT2D eigenvalue weighted by Crippen LogP contribution is -2.13. The summed E-state index contributed by atoms with van der Waals surface area (Å²) in [5.41, 5.74) is 1.50. The number of methoxy groups -OCH3 is 1. The Labute approximate surface area is 178 Å². The SMILES string of the molecule is CCCCCc1ccc(C=CC2CCC(c3ccc(OC)cc3F)CC2)c(F)c1F. The molecule has 3 rings (SSSR count). The van der Waals surface area contributed by atoms with Gasteiger partial charge in [-0.05, 0) is 67.6 Å². The van der Waals surface area contributed by atoms with Crippen molar-refractivity contribution in [1.29, 1.82) is 0 Å². The zero-order valence-electron chi connectivity index (χ0n) is 17.9. The molecule has 1 aliphatic rings. The minimum atomic E-state index is -0.755. The third-order valence-electron chi connectivity index (χ3n) is 6.21. The highest BCUT2D eigenvalue weighted by atomic mass is 19.2. The van der Waals surface area contributed by atoms with Crippen LogP contribution >= 0.6 is 0 Å². The van der Waals surface area contributed by atoms with Crippen LogP contribution in [0.2, 0.25) is 0 Å². The van der Waals surface area contributed by atoms with E-state index < -0.39 is 11.6 Å². The lowest BCUT2D eigenvalue weighted by molar-refractivity contribution is 0.367. The van der Waals surface area contributed by atoms with Crippen LogP contribution in [0.4, 0.5) is 13.2 Å². The van der Waals surface area contributed by atoms with E-state index in [1.165, 1.54) is 13.2 Å². The molecule has 0 saturated heterocycles. The van der Waals surface area contributed by atoms with E-state index in [0.29, 0.717) is 29.2 Å². The van der Waals surface area contributed by atoms with E-state index >= 15 is 0 Å². The maximum absolute atomic E-state index is 14.4. The van der Waals surface area contributed by atoms with E-state index in [9.17, 15) is 13.2 Å². The van der Waals surface area contributed by atoms with Crippen LogP contribution in [-0.4, -0.2) is 7.11 Å². The molecule has 1 aliphatic carbocycles. The van der Waals surface area contributed by atoms with Gasteiger partial charge in [-0.15, -0.1) is 0 Å². The highest BCUT2D eigenvalue weighted by Gasteiger charge is 2.23. The smallest absolute Gasteiger partial charge is 0.166 e. The number of hydrogen-bond donors (Lipinski definition) is 0. The number of ether oxygens (including phenoxy) is 1. The second-order valence-corrected chi connectivity index (χ2v) is 8.26. The van der Waals surface area contributed by atoms with Crippen molar-refractivity contribution < 1.29 is 17.9 Å². The van der Waals surface area contributed by atoms with E-state index in [4.69, 9.17) is 4.74 Å². The predicted molar refractivity (Wildman–Crippen MR) is 116 cm³/mol. The van der Waals surface area contributed by atoms with Gasteiger partial charge in [-0.25, -0.2) is 13.2 Å². The van der Waals surface area contributed by atoms with Crippen molar-refractivity contribution in [3.63, 3.8) is 0 Å². The first kappa shape index (κ1) is 22.5. The lowest BCUT2D eigenvalue weighted by Gasteiger charge is -2.27. The van der Waals surface area contributed by atoms with Crippen LogP contribution in [0.25, 0.3) is 6.08 Å². The van der Waals surface area contributed by atoms with Gasteiger partial charge in [0.15, 0.2) is 11.6 Å². The van der Waals surface area contributed by atoms with E-state index in [0.717, 1.165) is 50.5 Å². The van der Waals surface area contributed by atoms with Gasteiger partial charge in [0.1, 0.15) is 11.6 Å². The second-order valence-electron chi connectivity index (χ2n) is 8.26.